The molecule has 0 aliphatic heterocycles. The third-order valence-electron chi connectivity index (χ3n) is 6.48. The summed E-state index contributed by atoms with van der Waals surface area (Å²) in [6.07, 6.45) is 21.0. The Morgan fingerprint density at radius 1 is 0.737 bits per heavy atom. The van der Waals surface area contributed by atoms with Crippen LogP contribution >= 0.6 is 0 Å². The van der Waals surface area contributed by atoms with E-state index in [1.807, 2.05) is 36.4 Å². The average Bonchev–Trinajstić information content (AvgIpc) is 2.91. The van der Waals surface area contributed by atoms with Gasteiger partial charge in [-0.1, -0.05) is 140 Å². The summed E-state index contributed by atoms with van der Waals surface area (Å²) < 4.78 is 26.4. The number of nitrogens with two attached hydrogens (primary N) is 1. The first-order valence-corrected chi connectivity index (χ1v) is 16.0. The number of amides is 1. The lowest BCUT2D eigenvalue weighted by Crippen LogP contribution is -2.30. The number of hydrogen-bond acceptors (Lipinski definition) is 4. The largest absolute Gasteiger partial charge is 0.399 e. The minimum absolute atomic E-state index is 0.0570. The summed E-state index contributed by atoms with van der Waals surface area (Å²) in [6, 6.07) is 15.8. The summed E-state index contributed by atoms with van der Waals surface area (Å²) in [5, 5.41) is 0. The topological polar surface area (TPSA) is 89.3 Å². The van der Waals surface area contributed by atoms with E-state index in [2.05, 4.69) is 18.2 Å². The standard InChI is InChI=1S/C24H42N2O3S.C8H8/c1-2-3-4-5-6-7-8-9-10-11-12-13-14-15-16-17-24(27)26-30(28,29)23-20-18-22(25)19-21-23;1-2-8-6-4-3-5-7-8/h18-21H,2-17,25H2,1H3,(H,26,27);2-7H,1H2. The van der Waals surface area contributed by atoms with Crippen molar-refractivity contribution < 1.29 is 13.2 Å². The summed E-state index contributed by atoms with van der Waals surface area (Å²) in [5.74, 6) is -0.443. The summed E-state index contributed by atoms with van der Waals surface area (Å²) in [6.45, 7) is 5.89. The van der Waals surface area contributed by atoms with Crippen molar-refractivity contribution in [1.82, 2.24) is 4.72 Å². The van der Waals surface area contributed by atoms with Crippen molar-refractivity contribution in [2.45, 2.75) is 115 Å². The Hall–Kier alpha value is -2.60. The van der Waals surface area contributed by atoms with E-state index in [4.69, 9.17) is 5.73 Å². The molecule has 0 spiro atoms. The summed E-state index contributed by atoms with van der Waals surface area (Å²) >= 11 is 0. The number of carbonyl (C=O) groups excluding carboxylic acids is 1. The molecule has 1 amide bonds. The van der Waals surface area contributed by atoms with E-state index >= 15 is 0 Å². The molecule has 5 nitrogen and oxygen atoms in total. The molecule has 0 atom stereocenters. The van der Waals surface area contributed by atoms with Gasteiger partial charge in [0.2, 0.25) is 5.91 Å². The normalized spacial score (nSPS) is 10.9. The summed E-state index contributed by atoms with van der Waals surface area (Å²) in [7, 11) is -3.80. The van der Waals surface area contributed by atoms with Gasteiger partial charge < -0.3 is 5.73 Å². The van der Waals surface area contributed by atoms with Crippen molar-refractivity contribution in [3.05, 3.63) is 66.7 Å². The molecule has 0 aliphatic carbocycles. The van der Waals surface area contributed by atoms with Gasteiger partial charge >= 0.3 is 0 Å². The number of hydrogen-bond donors (Lipinski definition) is 2. The molecular formula is C32H50N2O3S. The minimum atomic E-state index is -3.80. The Labute approximate surface area is 232 Å². The van der Waals surface area contributed by atoms with E-state index in [0.29, 0.717) is 5.69 Å². The van der Waals surface area contributed by atoms with Crippen molar-refractivity contribution >= 4 is 27.7 Å². The van der Waals surface area contributed by atoms with Crippen LogP contribution in [0, 0.1) is 0 Å². The number of benzene rings is 2. The molecule has 0 saturated heterocycles. The molecule has 0 heterocycles. The zero-order valence-electron chi connectivity index (χ0n) is 23.5. The van der Waals surface area contributed by atoms with Crippen LogP contribution in [0.25, 0.3) is 6.08 Å². The number of sulfonamides is 1. The van der Waals surface area contributed by atoms with Gasteiger partial charge in [-0.15, -0.1) is 0 Å². The van der Waals surface area contributed by atoms with Crippen LogP contribution in [0.5, 0.6) is 0 Å². The van der Waals surface area contributed by atoms with Crippen molar-refractivity contribution in [1.29, 1.82) is 0 Å². The molecule has 212 valence electrons. The van der Waals surface area contributed by atoms with Crippen molar-refractivity contribution in [3.8, 4) is 0 Å². The van der Waals surface area contributed by atoms with Crippen LogP contribution in [0.3, 0.4) is 0 Å². The zero-order chi connectivity index (χ0) is 27.9. The van der Waals surface area contributed by atoms with Gasteiger partial charge in [0.1, 0.15) is 0 Å². The van der Waals surface area contributed by atoms with E-state index in [9.17, 15) is 13.2 Å². The highest BCUT2D eigenvalue weighted by Crippen LogP contribution is 2.15. The van der Waals surface area contributed by atoms with Gasteiger partial charge in [-0.2, -0.15) is 0 Å². The van der Waals surface area contributed by atoms with E-state index in [1.54, 1.807) is 0 Å². The van der Waals surface area contributed by atoms with Gasteiger partial charge in [0.05, 0.1) is 4.90 Å². The molecule has 0 bridgehead atoms. The molecule has 0 unspecified atom stereocenters. The molecule has 38 heavy (non-hydrogen) atoms. The Morgan fingerprint density at radius 2 is 1.18 bits per heavy atom. The van der Waals surface area contributed by atoms with Crippen LogP contribution in [0.15, 0.2) is 66.1 Å². The molecule has 6 heteroatoms. The van der Waals surface area contributed by atoms with E-state index in [0.717, 1.165) is 19.3 Å². The second-order valence-corrected chi connectivity index (χ2v) is 11.6. The zero-order valence-corrected chi connectivity index (χ0v) is 24.3. The third kappa shape index (κ3) is 17.0. The van der Waals surface area contributed by atoms with Crippen molar-refractivity contribution in [2.75, 3.05) is 5.73 Å². The highest BCUT2D eigenvalue weighted by molar-refractivity contribution is 7.90. The Kier molecular flexibility index (Phi) is 18.8. The minimum Gasteiger partial charge on any atom is -0.399 e. The highest BCUT2D eigenvalue weighted by atomic mass is 32.2. The molecule has 2 aromatic rings. The van der Waals surface area contributed by atoms with Crippen molar-refractivity contribution in [2.24, 2.45) is 0 Å². The number of nitrogen functional groups attached to an aromatic ring is 1. The van der Waals surface area contributed by atoms with Gasteiger partial charge in [-0.05, 0) is 36.2 Å². The fourth-order valence-electron chi connectivity index (χ4n) is 4.15. The number of unbranched alkanes of at least 4 members (excludes halogenated alkanes) is 14. The smallest absolute Gasteiger partial charge is 0.264 e. The molecule has 0 saturated carbocycles. The maximum Gasteiger partial charge on any atom is 0.264 e. The first-order chi connectivity index (χ1) is 18.4. The fraction of sp³-hybridized carbons (Fsp3) is 0.531. The molecule has 0 aliphatic rings. The Bertz CT molecular complexity index is 974. The van der Waals surface area contributed by atoms with Gasteiger partial charge in [0.25, 0.3) is 10.0 Å². The molecule has 2 rings (SSSR count). The number of carbonyl (C=O) groups is 1. The number of anilines is 1. The predicted molar refractivity (Wildman–Crippen MR) is 162 cm³/mol. The lowest BCUT2D eigenvalue weighted by Gasteiger charge is -2.07. The fourth-order valence-corrected chi connectivity index (χ4v) is 5.17. The highest BCUT2D eigenvalue weighted by Gasteiger charge is 2.16. The Morgan fingerprint density at radius 3 is 1.61 bits per heavy atom. The van der Waals surface area contributed by atoms with Crippen LogP contribution in [0.1, 0.15) is 115 Å². The lowest BCUT2D eigenvalue weighted by molar-refractivity contribution is -0.119. The van der Waals surface area contributed by atoms with Gasteiger partial charge in [-0.3, -0.25) is 4.79 Å². The van der Waals surface area contributed by atoms with Crippen LogP contribution in [-0.2, 0) is 14.8 Å². The monoisotopic (exact) mass is 542 g/mol. The average molecular weight is 543 g/mol. The van der Waals surface area contributed by atoms with E-state index in [-0.39, 0.29) is 11.3 Å². The molecule has 2 aromatic carbocycles. The van der Waals surface area contributed by atoms with Gasteiger partial charge in [0, 0.05) is 12.1 Å². The molecule has 0 fully saturated rings. The van der Waals surface area contributed by atoms with Crippen LogP contribution < -0.4 is 10.5 Å². The number of nitrogens with one attached hydrogen (secondary N) is 1. The molecular weight excluding hydrogens is 492 g/mol. The van der Waals surface area contributed by atoms with Crippen LogP contribution in [0.4, 0.5) is 5.69 Å². The predicted octanol–water partition coefficient (Wildman–Crippen LogP) is 8.66. The first kappa shape index (κ1) is 33.4. The SMILES string of the molecule is C=Cc1ccccc1.CCCCCCCCCCCCCCCCCC(=O)NS(=O)(=O)c1ccc(N)cc1. The van der Waals surface area contributed by atoms with Gasteiger partial charge in [0.15, 0.2) is 0 Å². The summed E-state index contributed by atoms with van der Waals surface area (Å²) in [5.41, 5.74) is 7.22. The van der Waals surface area contributed by atoms with Gasteiger partial charge in [-0.25, -0.2) is 13.1 Å². The molecule has 3 N–H and O–H groups in total. The Balaban J connectivity index is 0.000000763. The second-order valence-electron chi connectivity index (χ2n) is 9.91. The number of rotatable bonds is 19. The second kappa shape index (κ2) is 21.3. The van der Waals surface area contributed by atoms with Crippen LogP contribution in [0.2, 0.25) is 0 Å². The molecule has 0 aromatic heterocycles. The van der Waals surface area contributed by atoms with Crippen LogP contribution in [-0.4, -0.2) is 14.3 Å². The third-order valence-corrected chi connectivity index (χ3v) is 7.87. The van der Waals surface area contributed by atoms with E-state index < -0.39 is 15.9 Å². The lowest BCUT2D eigenvalue weighted by atomic mass is 10.0. The maximum absolute atomic E-state index is 12.1. The van der Waals surface area contributed by atoms with Crippen molar-refractivity contribution in [3.63, 3.8) is 0 Å². The van der Waals surface area contributed by atoms with E-state index in [1.165, 1.54) is 107 Å². The quantitative estimate of drug-likeness (QED) is 0.137. The first-order valence-electron chi connectivity index (χ1n) is 14.5. The maximum atomic E-state index is 12.1. The summed E-state index contributed by atoms with van der Waals surface area (Å²) in [4.78, 5) is 12.0. The molecule has 0 radical (unpaired) electrons.